The predicted octanol–water partition coefficient (Wildman–Crippen LogP) is 2.76. The van der Waals surface area contributed by atoms with Gasteiger partial charge in [0.2, 0.25) is 0 Å². The van der Waals surface area contributed by atoms with Crippen molar-refractivity contribution in [3.8, 4) is 0 Å². The van der Waals surface area contributed by atoms with Gasteiger partial charge in [0, 0.05) is 16.3 Å². The molecule has 0 fully saturated rings. The number of aromatic amines is 2. The zero-order valence-electron chi connectivity index (χ0n) is 10.2. The van der Waals surface area contributed by atoms with Crippen LogP contribution in [0.4, 0.5) is 5.69 Å². The van der Waals surface area contributed by atoms with E-state index >= 15 is 0 Å². The maximum atomic E-state index is 12.0. The topological polar surface area (TPSA) is 77.8 Å². The summed E-state index contributed by atoms with van der Waals surface area (Å²) in [5.41, 5.74) is 2.18. The lowest BCUT2D eigenvalue weighted by Gasteiger charge is -2.05. The lowest BCUT2D eigenvalue weighted by molar-refractivity contribution is 0.102. The average molecular weight is 288 g/mol. The number of anilines is 1. The Balaban J connectivity index is 1.86. The first-order chi connectivity index (χ1) is 9.61. The molecule has 3 N–H and O–H groups in total. The molecule has 1 aromatic heterocycles. The highest BCUT2D eigenvalue weighted by Gasteiger charge is 2.07. The number of hydrogen-bond acceptors (Lipinski definition) is 2. The fourth-order valence-electron chi connectivity index (χ4n) is 1.91. The van der Waals surface area contributed by atoms with Crippen LogP contribution in [0.15, 0.2) is 47.3 Å². The molecule has 3 rings (SSSR count). The van der Waals surface area contributed by atoms with E-state index < -0.39 is 0 Å². The van der Waals surface area contributed by atoms with Crippen molar-refractivity contribution in [2.45, 2.75) is 0 Å². The van der Waals surface area contributed by atoms with Gasteiger partial charge < -0.3 is 15.3 Å². The van der Waals surface area contributed by atoms with Crippen LogP contribution in [0.2, 0.25) is 5.02 Å². The number of rotatable bonds is 2. The molecule has 0 bridgehead atoms. The van der Waals surface area contributed by atoms with Gasteiger partial charge in [-0.1, -0.05) is 11.6 Å². The number of benzene rings is 2. The third-order valence-corrected chi connectivity index (χ3v) is 3.13. The molecular weight excluding hydrogens is 278 g/mol. The number of amides is 1. The van der Waals surface area contributed by atoms with Gasteiger partial charge in [-0.2, -0.15) is 0 Å². The smallest absolute Gasteiger partial charge is 0.322 e. The molecule has 2 aromatic carbocycles. The van der Waals surface area contributed by atoms with Crippen molar-refractivity contribution < 1.29 is 4.79 Å². The first-order valence-electron chi connectivity index (χ1n) is 5.91. The highest BCUT2D eigenvalue weighted by Crippen LogP contribution is 2.16. The number of imidazole rings is 1. The fraction of sp³-hybridized carbons (Fsp3) is 0. The Hall–Kier alpha value is -2.53. The number of hydrogen-bond donors (Lipinski definition) is 3. The molecule has 0 aliphatic carbocycles. The average Bonchev–Trinajstić information content (AvgIpc) is 2.78. The lowest BCUT2D eigenvalue weighted by Crippen LogP contribution is -2.11. The van der Waals surface area contributed by atoms with Crippen molar-refractivity contribution in [1.82, 2.24) is 9.97 Å². The molecule has 1 heterocycles. The molecule has 0 radical (unpaired) electrons. The standard InChI is InChI=1S/C14H10ClN3O2/c15-9-3-1-8(2-4-9)13(19)16-10-5-6-11-12(7-10)18-14(20)17-11/h1-7H,(H,16,19)(H2,17,18,20). The van der Waals surface area contributed by atoms with E-state index in [1.165, 1.54) is 0 Å². The normalized spacial score (nSPS) is 10.7. The number of carbonyl (C=O) groups is 1. The monoisotopic (exact) mass is 287 g/mol. The first-order valence-corrected chi connectivity index (χ1v) is 6.28. The van der Waals surface area contributed by atoms with Crippen LogP contribution in [0.25, 0.3) is 11.0 Å². The van der Waals surface area contributed by atoms with Gasteiger partial charge in [0.05, 0.1) is 11.0 Å². The molecule has 0 saturated heterocycles. The number of nitrogens with one attached hydrogen (secondary N) is 3. The van der Waals surface area contributed by atoms with Gasteiger partial charge in [-0.15, -0.1) is 0 Å². The van der Waals surface area contributed by atoms with Gasteiger partial charge in [-0.25, -0.2) is 4.79 Å². The minimum absolute atomic E-state index is 0.237. The minimum atomic E-state index is -0.277. The number of carbonyl (C=O) groups excluding carboxylic acids is 1. The summed E-state index contributed by atoms with van der Waals surface area (Å²) in [6.45, 7) is 0. The van der Waals surface area contributed by atoms with E-state index in [-0.39, 0.29) is 11.6 Å². The van der Waals surface area contributed by atoms with E-state index in [0.717, 1.165) is 0 Å². The zero-order valence-corrected chi connectivity index (χ0v) is 11.0. The quantitative estimate of drug-likeness (QED) is 0.678. The molecule has 0 aliphatic rings. The molecule has 0 atom stereocenters. The molecule has 0 aliphatic heterocycles. The second-order valence-electron chi connectivity index (χ2n) is 4.30. The van der Waals surface area contributed by atoms with Gasteiger partial charge in [0.25, 0.3) is 5.91 Å². The van der Waals surface area contributed by atoms with E-state index in [4.69, 9.17) is 11.6 Å². The second-order valence-corrected chi connectivity index (χ2v) is 4.74. The maximum Gasteiger partial charge on any atom is 0.323 e. The zero-order chi connectivity index (χ0) is 14.1. The molecule has 20 heavy (non-hydrogen) atoms. The van der Waals surface area contributed by atoms with Gasteiger partial charge in [-0.3, -0.25) is 4.79 Å². The summed E-state index contributed by atoms with van der Waals surface area (Å²) in [4.78, 5) is 28.5. The number of H-pyrrole nitrogens is 2. The highest BCUT2D eigenvalue weighted by molar-refractivity contribution is 6.30. The van der Waals surface area contributed by atoms with Crippen LogP contribution in [0, 0.1) is 0 Å². The van der Waals surface area contributed by atoms with E-state index in [9.17, 15) is 9.59 Å². The highest BCUT2D eigenvalue weighted by atomic mass is 35.5. The van der Waals surface area contributed by atoms with Crippen molar-refractivity contribution in [3.63, 3.8) is 0 Å². The van der Waals surface area contributed by atoms with Gasteiger partial charge >= 0.3 is 5.69 Å². The molecule has 6 heteroatoms. The Bertz CT molecular complexity index is 833. The first kappa shape index (κ1) is 12.5. The van der Waals surface area contributed by atoms with Crippen molar-refractivity contribution in [1.29, 1.82) is 0 Å². The molecule has 5 nitrogen and oxygen atoms in total. The fourth-order valence-corrected chi connectivity index (χ4v) is 2.04. The summed E-state index contributed by atoms with van der Waals surface area (Å²) in [7, 11) is 0. The number of halogens is 1. The Morgan fingerprint density at radius 1 is 1.00 bits per heavy atom. The molecule has 3 aromatic rings. The predicted molar refractivity (Wildman–Crippen MR) is 78.3 cm³/mol. The van der Waals surface area contributed by atoms with Crippen molar-refractivity contribution in [3.05, 3.63) is 63.5 Å². The number of aromatic nitrogens is 2. The van der Waals surface area contributed by atoms with Crippen LogP contribution in [0.3, 0.4) is 0 Å². The summed E-state index contributed by atoms with van der Waals surface area (Å²) in [5.74, 6) is -0.237. The summed E-state index contributed by atoms with van der Waals surface area (Å²) in [6.07, 6.45) is 0. The summed E-state index contributed by atoms with van der Waals surface area (Å²) in [5, 5.41) is 3.34. The molecule has 0 spiro atoms. The van der Waals surface area contributed by atoms with Gasteiger partial charge in [0.1, 0.15) is 0 Å². The molecule has 0 saturated carbocycles. The van der Waals surface area contributed by atoms with E-state index in [1.54, 1.807) is 42.5 Å². The van der Waals surface area contributed by atoms with E-state index in [2.05, 4.69) is 15.3 Å². The SMILES string of the molecule is O=C(Nc1ccc2[nH]c(=O)[nH]c2c1)c1ccc(Cl)cc1. The van der Waals surface area contributed by atoms with Gasteiger partial charge in [0.15, 0.2) is 0 Å². The van der Waals surface area contributed by atoms with Crippen LogP contribution in [0.1, 0.15) is 10.4 Å². The molecular formula is C14H10ClN3O2. The summed E-state index contributed by atoms with van der Waals surface area (Å²) in [6, 6.07) is 11.8. The second kappa shape index (κ2) is 4.86. The number of fused-ring (bicyclic) bond motifs is 1. The Morgan fingerprint density at radius 2 is 1.70 bits per heavy atom. The molecule has 100 valence electrons. The minimum Gasteiger partial charge on any atom is -0.322 e. The third-order valence-electron chi connectivity index (χ3n) is 2.88. The summed E-state index contributed by atoms with van der Waals surface area (Å²) >= 11 is 5.78. The van der Waals surface area contributed by atoms with Gasteiger partial charge in [-0.05, 0) is 42.5 Å². The van der Waals surface area contributed by atoms with Crippen LogP contribution < -0.4 is 11.0 Å². The lowest BCUT2D eigenvalue weighted by atomic mass is 10.2. The summed E-state index contributed by atoms with van der Waals surface area (Å²) < 4.78 is 0. The van der Waals surface area contributed by atoms with Crippen molar-refractivity contribution in [2.75, 3.05) is 5.32 Å². The van der Waals surface area contributed by atoms with Crippen molar-refractivity contribution >= 4 is 34.2 Å². The van der Waals surface area contributed by atoms with Crippen LogP contribution in [-0.2, 0) is 0 Å². The molecule has 1 amide bonds. The van der Waals surface area contributed by atoms with Crippen LogP contribution in [0.5, 0.6) is 0 Å². The molecule has 0 unspecified atom stereocenters. The Morgan fingerprint density at radius 3 is 2.45 bits per heavy atom. The Labute approximate surface area is 118 Å². The largest absolute Gasteiger partial charge is 0.323 e. The maximum absolute atomic E-state index is 12.0. The van der Waals surface area contributed by atoms with Crippen molar-refractivity contribution in [2.24, 2.45) is 0 Å². The van der Waals surface area contributed by atoms with E-state index in [1.807, 2.05) is 0 Å². The van der Waals surface area contributed by atoms with E-state index in [0.29, 0.717) is 27.3 Å². The third kappa shape index (κ3) is 2.44. The van der Waals surface area contributed by atoms with Crippen LogP contribution >= 0.6 is 11.6 Å². The van der Waals surface area contributed by atoms with Crippen LogP contribution in [-0.4, -0.2) is 15.9 Å². The Kier molecular flexibility index (Phi) is 3.04.